The standard InChI is InChI=1S/C13H12F3N3O3S2/c1-8-11(23-7-17-8)12(20)19-9-2-4-10(5-3-9)24(21,22)18-6-13(14,15)16/h2-5,7,18H,6H2,1H3,(H,19,20). The number of hydrogen-bond acceptors (Lipinski definition) is 5. The largest absolute Gasteiger partial charge is 0.402 e. The van der Waals surface area contributed by atoms with Gasteiger partial charge in [-0.1, -0.05) is 0 Å². The lowest BCUT2D eigenvalue weighted by Gasteiger charge is -2.10. The summed E-state index contributed by atoms with van der Waals surface area (Å²) >= 11 is 1.16. The Labute approximate surface area is 139 Å². The van der Waals surface area contributed by atoms with Crippen molar-refractivity contribution < 1.29 is 26.4 Å². The van der Waals surface area contributed by atoms with Crippen molar-refractivity contribution in [2.24, 2.45) is 0 Å². The number of aromatic nitrogens is 1. The number of hydrogen-bond donors (Lipinski definition) is 2. The summed E-state index contributed by atoms with van der Waals surface area (Å²) < 4.78 is 61.2. The number of nitrogens with zero attached hydrogens (tertiary/aromatic N) is 1. The van der Waals surface area contributed by atoms with Gasteiger partial charge in [0.15, 0.2) is 0 Å². The lowest BCUT2D eigenvalue weighted by molar-refractivity contribution is -0.121. The van der Waals surface area contributed by atoms with Crippen molar-refractivity contribution >= 4 is 33.0 Å². The minimum Gasteiger partial charge on any atom is -0.321 e. The number of rotatable bonds is 5. The number of nitrogens with one attached hydrogen (secondary N) is 2. The average molecular weight is 379 g/mol. The molecule has 0 aliphatic rings. The average Bonchev–Trinajstić information content (AvgIpc) is 2.91. The zero-order valence-corrected chi connectivity index (χ0v) is 13.8. The summed E-state index contributed by atoms with van der Waals surface area (Å²) in [6.45, 7) is 0.0197. The van der Waals surface area contributed by atoms with Crippen molar-refractivity contribution in [2.45, 2.75) is 18.0 Å². The Balaban J connectivity index is 2.08. The second-order valence-corrected chi connectivity index (χ2v) is 7.31. The summed E-state index contributed by atoms with van der Waals surface area (Å²) in [6, 6.07) is 4.79. The van der Waals surface area contributed by atoms with Gasteiger partial charge >= 0.3 is 6.18 Å². The number of alkyl halides is 3. The van der Waals surface area contributed by atoms with E-state index in [0.29, 0.717) is 16.3 Å². The van der Waals surface area contributed by atoms with Crippen molar-refractivity contribution in [3.05, 3.63) is 40.3 Å². The Morgan fingerprint density at radius 1 is 1.25 bits per heavy atom. The molecule has 1 heterocycles. The van der Waals surface area contributed by atoms with Crippen LogP contribution in [0.2, 0.25) is 0 Å². The molecule has 1 aromatic heterocycles. The summed E-state index contributed by atoms with van der Waals surface area (Å²) in [6.07, 6.45) is -4.65. The Morgan fingerprint density at radius 2 is 1.88 bits per heavy atom. The minimum atomic E-state index is -4.65. The molecule has 0 saturated heterocycles. The number of amides is 1. The van der Waals surface area contributed by atoms with Crippen LogP contribution >= 0.6 is 11.3 Å². The molecule has 2 rings (SSSR count). The van der Waals surface area contributed by atoms with Crippen molar-refractivity contribution in [1.82, 2.24) is 9.71 Å². The van der Waals surface area contributed by atoms with Crippen LogP contribution in [0.3, 0.4) is 0 Å². The van der Waals surface area contributed by atoms with Crippen LogP contribution in [0.15, 0.2) is 34.7 Å². The molecule has 0 fully saturated rings. The molecule has 0 saturated carbocycles. The Morgan fingerprint density at radius 3 is 2.38 bits per heavy atom. The molecule has 11 heteroatoms. The van der Waals surface area contributed by atoms with E-state index in [2.05, 4.69) is 10.3 Å². The van der Waals surface area contributed by atoms with Crippen molar-refractivity contribution in [1.29, 1.82) is 0 Å². The molecular formula is C13H12F3N3O3S2. The third-order valence-electron chi connectivity index (χ3n) is 2.84. The molecule has 2 N–H and O–H groups in total. The zero-order valence-electron chi connectivity index (χ0n) is 12.2. The molecule has 0 bridgehead atoms. The number of carbonyl (C=O) groups excluding carboxylic acids is 1. The molecule has 6 nitrogen and oxygen atoms in total. The quantitative estimate of drug-likeness (QED) is 0.836. The van der Waals surface area contributed by atoms with Crippen molar-refractivity contribution in [2.75, 3.05) is 11.9 Å². The monoisotopic (exact) mass is 379 g/mol. The van der Waals surface area contributed by atoms with Crippen LogP contribution in [0.5, 0.6) is 0 Å². The highest BCUT2D eigenvalue weighted by atomic mass is 32.2. The highest BCUT2D eigenvalue weighted by Gasteiger charge is 2.30. The molecule has 1 amide bonds. The second-order valence-electron chi connectivity index (χ2n) is 4.69. The first-order chi connectivity index (χ1) is 11.1. The maximum atomic E-state index is 12.1. The molecule has 0 aliphatic heterocycles. The summed E-state index contributed by atoms with van der Waals surface area (Å²) in [5.74, 6) is -0.402. The fraction of sp³-hybridized carbons (Fsp3) is 0.231. The number of benzene rings is 1. The van der Waals surface area contributed by atoms with Gasteiger partial charge in [-0.2, -0.15) is 13.2 Å². The molecule has 130 valence electrons. The van der Waals surface area contributed by atoms with Crippen LogP contribution in [-0.2, 0) is 10.0 Å². The summed E-state index contributed by atoms with van der Waals surface area (Å²) in [5, 5.41) is 2.56. The van der Waals surface area contributed by atoms with Gasteiger partial charge in [0, 0.05) is 5.69 Å². The SMILES string of the molecule is Cc1ncsc1C(=O)Nc1ccc(S(=O)(=O)NCC(F)(F)F)cc1. The zero-order chi connectivity index (χ0) is 18.0. The molecule has 1 aromatic carbocycles. The number of carbonyl (C=O) groups is 1. The summed E-state index contributed by atoms with van der Waals surface area (Å²) in [7, 11) is -4.28. The van der Waals surface area contributed by atoms with E-state index in [1.807, 2.05) is 0 Å². The fourth-order valence-corrected chi connectivity index (χ4v) is 3.40. The van der Waals surface area contributed by atoms with E-state index < -0.39 is 28.7 Å². The Bertz CT molecular complexity index is 830. The lowest BCUT2D eigenvalue weighted by atomic mass is 10.3. The highest BCUT2D eigenvalue weighted by Crippen LogP contribution is 2.19. The fourth-order valence-electron chi connectivity index (χ4n) is 1.69. The molecular weight excluding hydrogens is 367 g/mol. The molecule has 24 heavy (non-hydrogen) atoms. The predicted octanol–water partition coefficient (Wildman–Crippen LogP) is 2.54. The van der Waals surface area contributed by atoms with Gasteiger partial charge in [-0.15, -0.1) is 11.3 Å². The summed E-state index contributed by atoms with van der Waals surface area (Å²) in [4.78, 5) is 16.0. The third-order valence-corrected chi connectivity index (χ3v) is 5.18. The van der Waals surface area contributed by atoms with Gasteiger partial charge in [-0.25, -0.2) is 18.1 Å². The molecule has 0 spiro atoms. The van der Waals surface area contributed by atoms with Crippen LogP contribution in [0.1, 0.15) is 15.4 Å². The summed E-state index contributed by atoms with van der Waals surface area (Å²) in [5.41, 5.74) is 2.39. The molecule has 0 aliphatic carbocycles. The highest BCUT2D eigenvalue weighted by molar-refractivity contribution is 7.89. The van der Waals surface area contributed by atoms with Gasteiger partial charge in [0.2, 0.25) is 10.0 Å². The number of anilines is 1. The van der Waals surface area contributed by atoms with Gasteiger partial charge in [0.25, 0.3) is 5.91 Å². The number of halogens is 3. The van der Waals surface area contributed by atoms with Crippen molar-refractivity contribution in [3.63, 3.8) is 0 Å². The third kappa shape index (κ3) is 4.76. The van der Waals surface area contributed by atoms with Gasteiger partial charge in [0.05, 0.1) is 16.1 Å². The van der Waals surface area contributed by atoms with E-state index >= 15 is 0 Å². The van der Waals surface area contributed by atoms with E-state index in [1.54, 1.807) is 6.92 Å². The molecule has 0 unspecified atom stereocenters. The Hall–Kier alpha value is -1.98. The maximum absolute atomic E-state index is 12.1. The van der Waals surface area contributed by atoms with Crippen LogP contribution in [-0.4, -0.2) is 32.0 Å². The molecule has 0 atom stereocenters. The minimum absolute atomic E-state index is 0.308. The number of sulfonamides is 1. The topological polar surface area (TPSA) is 88.2 Å². The normalized spacial score (nSPS) is 12.2. The molecule has 2 aromatic rings. The van der Waals surface area contributed by atoms with Crippen LogP contribution in [0, 0.1) is 6.92 Å². The van der Waals surface area contributed by atoms with Crippen LogP contribution in [0.4, 0.5) is 18.9 Å². The van der Waals surface area contributed by atoms with E-state index in [-0.39, 0.29) is 4.90 Å². The van der Waals surface area contributed by atoms with Gasteiger partial charge in [0.1, 0.15) is 11.4 Å². The smallest absolute Gasteiger partial charge is 0.321 e. The number of aryl methyl sites for hydroxylation is 1. The van der Waals surface area contributed by atoms with Gasteiger partial charge in [-0.3, -0.25) is 4.79 Å². The lowest BCUT2D eigenvalue weighted by Crippen LogP contribution is -2.33. The van der Waals surface area contributed by atoms with E-state index in [4.69, 9.17) is 0 Å². The van der Waals surface area contributed by atoms with E-state index in [9.17, 15) is 26.4 Å². The van der Waals surface area contributed by atoms with E-state index in [1.165, 1.54) is 22.4 Å². The maximum Gasteiger partial charge on any atom is 0.402 e. The Kier molecular flexibility index (Phi) is 5.26. The van der Waals surface area contributed by atoms with Crippen molar-refractivity contribution in [3.8, 4) is 0 Å². The van der Waals surface area contributed by atoms with Crippen LogP contribution < -0.4 is 10.0 Å². The number of thiazole rings is 1. The molecule has 0 radical (unpaired) electrons. The second kappa shape index (κ2) is 6.87. The first-order valence-corrected chi connectivity index (χ1v) is 8.83. The van der Waals surface area contributed by atoms with Gasteiger partial charge in [-0.05, 0) is 31.2 Å². The first kappa shape index (κ1) is 18.4. The van der Waals surface area contributed by atoms with Crippen LogP contribution in [0.25, 0.3) is 0 Å². The van der Waals surface area contributed by atoms with Gasteiger partial charge < -0.3 is 5.32 Å². The predicted molar refractivity (Wildman–Crippen MR) is 82.5 cm³/mol. The first-order valence-electron chi connectivity index (χ1n) is 6.46. The van der Waals surface area contributed by atoms with E-state index in [0.717, 1.165) is 23.5 Å².